The third-order valence-corrected chi connectivity index (χ3v) is 2.26. The van der Waals surface area contributed by atoms with Crippen LogP contribution in [0.5, 0.6) is 0 Å². The highest BCUT2D eigenvalue weighted by molar-refractivity contribution is 6.11. The fourth-order valence-corrected chi connectivity index (χ4v) is 1.63. The Bertz CT molecular complexity index is 229. The molecule has 2 nitrogen and oxygen atoms in total. The largest absolute Gasteiger partial charge is 0.401 e. The Morgan fingerprint density at radius 1 is 1.69 bits per heavy atom. The van der Waals surface area contributed by atoms with E-state index in [4.69, 9.17) is 13.6 Å². The number of piperidine rings is 1. The Morgan fingerprint density at radius 2 is 2.38 bits per heavy atom. The van der Waals surface area contributed by atoms with Crippen LogP contribution < -0.4 is 5.73 Å². The van der Waals surface area contributed by atoms with Gasteiger partial charge >= 0.3 is 0 Å². The molecule has 70 valence electrons. The van der Waals surface area contributed by atoms with Crippen molar-refractivity contribution < 1.29 is 0 Å². The van der Waals surface area contributed by atoms with E-state index >= 15 is 0 Å². The van der Waals surface area contributed by atoms with Gasteiger partial charge in [-0.3, -0.25) is 0 Å². The summed E-state index contributed by atoms with van der Waals surface area (Å²) in [5, 5.41) is 0. The molecule has 1 rings (SSSR count). The van der Waals surface area contributed by atoms with Crippen LogP contribution in [-0.2, 0) is 0 Å². The zero-order valence-corrected chi connectivity index (χ0v) is 8.46. The van der Waals surface area contributed by atoms with Crippen molar-refractivity contribution >= 4 is 7.85 Å². The molecule has 0 aromatic carbocycles. The molecule has 0 aromatic heterocycles. The maximum atomic E-state index is 5.88. The van der Waals surface area contributed by atoms with Crippen molar-refractivity contribution in [2.24, 2.45) is 5.73 Å². The highest BCUT2D eigenvalue weighted by atomic mass is 15.1. The average molecular weight is 176 g/mol. The molecule has 2 radical (unpaired) electrons. The molecular weight excluding hydrogens is 159 g/mol. The lowest BCUT2D eigenvalue weighted by atomic mass is 9.80. The average Bonchev–Trinajstić information content (AvgIpc) is 2.03. The first-order valence-electron chi connectivity index (χ1n) is 4.74. The van der Waals surface area contributed by atoms with Gasteiger partial charge in [-0.05, 0) is 20.3 Å². The fourth-order valence-electron chi connectivity index (χ4n) is 1.63. The van der Waals surface area contributed by atoms with Gasteiger partial charge in [0.05, 0.1) is 7.85 Å². The first-order valence-corrected chi connectivity index (χ1v) is 4.74. The van der Waals surface area contributed by atoms with Crippen LogP contribution in [0.2, 0.25) is 5.82 Å². The lowest BCUT2D eigenvalue weighted by Crippen LogP contribution is -2.27. The molecule has 0 spiro atoms. The molecule has 2 N–H and O–H groups in total. The zero-order valence-electron chi connectivity index (χ0n) is 8.46. The van der Waals surface area contributed by atoms with Gasteiger partial charge in [0.15, 0.2) is 0 Å². The summed E-state index contributed by atoms with van der Waals surface area (Å²) in [7, 11) is 5.88. The predicted molar refractivity (Wildman–Crippen MR) is 57.1 cm³/mol. The van der Waals surface area contributed by atoms with Crippen LogP contribution in [0.4, 0.5) is 0 Å². The second kappa shape index (κ2) is 4.40. The summed E-state index contributed by atoms with van der Waals surface area (Å²) in [6.07, 6.45) is 6.23. The van der Waals surface area contributed by atoms with E-state index in [9.17, 15) is 0 Å². The summed E-state index contributed by atoms with van der Waals surface area (Å²) in [5.41, 5.74) is 7.79. The normalized spacial score (nSPS) is 28.2. The van der Waals surface area contributed by atoms with Crippen LogP contribution in [0, 0.1) is 0 Å². The van der Waals surface area contributed by atoms with Gasteiger partial charge in [-0.1, -0.05) is 18.3 Å². The van der Waals surface area contributed by atoms with Gasteiger partial charge in [0.1, 0.15) is 0 Å². The van der Waals surface area contributed by atoms with E-state index in [1.165, 1.54) is 5.70 Å². The van der Waals surface area contributed by atoms with Gasteiger partial charge in [0.25, 0.3) is 0 Å². The number of allylic oxidation sites excluding steroid dienone is 3. The molecule has 3 heteroatoms. The number of nitrogens with two attached hydrogens (primary N) is 1. The monoisotopic (exact) mass is 176 g/mol. The molecule has 0 saturated carbocycles. The Kier molecular flexibility index (Phi) is 3.46. The summed E-state index contributed by atoms with van der Waals surface area (Å²) in [6, 6.07) is 0. The maximum absolute atomic E-state index is 5.88. The fraction of sp³-hybridized carbons (Fsp3) is 0.600. The maximum Gasteiger partial charge on any atom is 0.0723 e. The molecule has 0 bridgehead atoms. The Hall–Kier alpha value is -0.855. The quantitative estimate of drug-likeness (QED) is 0.617. The summed E-state index contributed by atoms with van der Waals surface area (Å²) < 4.78 is 0. The third-order valence-electron chi connectivity index (χ3n) is 2.26. The lowest BCUT2D eigenvalue weighted by molar-refractivity contribution is 0.376. The van der Waals surface area contributed by atoms with E-state index in [0.717, 1.165) is 25.1 Å². The van der Waals surface area contributed by atoms with E-state index in [1.54, 1.807) is 0 Å². The zero-order chi connectivity index (χ0) is 9.84. The summed E-state index contributed by atoms with van der Waals surface area (Å²) >= 11 is 0. The first kappa shape index (κ1) is 10.2. The molecule has 1 heterocycles. The van der Waals surface area contributed by atoms with Crippen molar-refractivity contribution in [1.82, 2.24) is 4.90 Å². The van der Waals surface area contributed by atoms with Crippen molar-refractivity contribution in [3.8, 4) is 0 Å². The number of hydrogen-bond acceptors (Lipinski definition) is 2. The van der Waals surface area contributed by atoms with Crippen LogP contribution in [0.3, 0.4) is 0 Å². The van der Waals surface area contributed by atoms with E-state index < -0.39 is 0 Å². The highest BCUT2D eigenvalue weighted by Gasteiger charge is 2.17. The number of likely N-dealkylation sites (tertiary alicyclic amines) is 1. The highest BCUT2D eigenvalue weighted by Crippen LogP contribution is 2.26. The summed E-state index contributed by atoms with van der Waals surface area (Å²) in [6.45, 7) is 4.83. The Labute approximate surface area is 81.9 Å². The molecule has 1 saturated heterocycles. The second-order valence-electron chi connectivity index (χ2n) is 3.60. The third kappa shape index (κ3) is 2.83. The summed E-state index contributed by atoms with van der Waals surface area (Å²) in [4.78, 5) is 2.16. The van der Waals surface area contributed by atoms with Gasteiger partial charge in [0.2, 0.25) is 0 Å². The van der Waals surface area contributed by atoms with Gasteiger partial charge < -0.3 is 10.6 Å². The molecule has 0 aliphatic carbocycles. The van der Waals surface area contributed by atoms with Gasteiger partial charge in [-0.15, -0.1) is 0 Å². The molecule has 13 heavy (non-hydrogen) atoms. The van der Waals surface area contributed by atoms with Crippen LogP contribution in [-0.4, -0.2) is 19.3 Å². The van der Waals surface area contributed by atoms with E-state index in [1.807, 2.05) is 13.1 Å². The van der Waals surface area contributed by atoms with E-state index in [2.05, 4.69) is 17.9 Å². The minimum Gasteiger partial charge on any atom is -0.401 e. The lowest BCUT2D eigenvalue weighted by Gasteiger charge is -2.33. The molecule has 0 amide bonds. The number of hydrogen-bond donors (Lipinski definition) is 1. The van der Waals surface area contributed by atoms with Crippen LogP contribution in [0.15, 0.2) is 23.7 Å². The molecule has 1 atom stereocenters. The van der Waals surface area contributed by atoms with E-state index in [-0.39, 0.29) is 5.82 Å². The van der Waals surface area contributed by atoms with Crippen molar-refractivity contribution in [1.29, 1.82) is 0 Å². The SMILES string of the molecule is [B]C1CCC(=CC)N(/C=C(\C)N)C1. The van der Waals surface area contributed by atoms with Crippen molar-refractivity contribution in [3.63, 3.8) is 0 Å². The minimum absolute atomic E-state index is 0.277. The molecule has 1 aliphatic rings. The minimum atomic E-state index is 0.277. The predicted octanol–water partition coefficient (Wildman–Crippen LogP) is 1.76. The van der Waals surface area contributed by atoms with Crippen molar-refractivity contribution in [3.05, 3.63) is 23.7 Å². The second-order valence-corrected chi connectivity index (χ2v) is 3.60. The van der Waals surface area contributed by atoms with Gasteiger partial charge in [-0.25, -0.2) is 0 Å². The Balaban J connectivity index is 2.72. The first-order chi connectivity index (χ1) is 6.13. The Morgan fingerprint density at radius 3 is 2.92 bits per heavy atom. The van der Waals surface area contributed by atoms with Crippen LogP contribution in [0.1, 0.15) is 26.7 Å². The van der Waals surface area contributed by atoms with Crippen molar-refractivity contribution in [2.45, 2.75) is 32.5 Å². The molecular formula is C10H17BN2. The van der Waals surface area contributed by atoms with Gasteiger partial charge in [-0.2, -0.15) is 0 Å². The molecule has 1 aliphatic heterocycles. The molecule has 0 aromatic rings. The van der Waals surface area contributed by atoms with E-state index in [0.29, 0.717) is 0 Å². The number of rotatable bonds is 1. The smallest absolute Gasteiger partial charge is 0.0723 e. The standard InChI is InChI=1S/C10H17BN2/c1-3-10-5-4-9(11)7-13(10)6-8(2)12/h3,6,9H,4-5,7,12H2,1-2H3/b8-6+,10-3?. The molecule has 1 fully saturated rings. The molecule has 1 unspecified atom stereocenters. The summed E-state index contributed by atoms with van der Waals surface area (Å²) in [5.74, 6) is 0.277. The van der Waals surface area contributed by atoms with Crippen molar-refractivity contribution in [2.75, 3.05) is 6.54 Å². The van der Waals surface area contributed by atoms with Gasteiger partial charge in [0, 0.05) is 24.1 Å². The number of nitrogens with zero attached hydrogens (tertiary/aromatic N) is 1. The topological polar surface area (TPSA) is 29.3 Å². The van der Waals surface area contributed by atoms with Crippen LogP contribution in [0.25, 0.3) is 0 Å². The van der Waals surface area contributed by atoms with Crippen LogP contribution >= 0.6 is 0 Å².